The number of nitrogens with one attached hydrogen (secondary N) is 1. The second kappa shape index (κ2) is 3.56. The average Bonchev–Trinajstić information content (AvgIpc) is 2.73. The predicted octanol–water partition coefficient (Wildman–Crippen LogP) is 0.526. The van der Waals surface area contributed by atoms with Crippen LogP contribution in [0, 0.1) is 5.92 Å². The van der Waals surface area contributed by atoms with Crippen LogP contribution in [-0.2, 0) is 4.74 Å². The molecule has 3 heteroatoms. The zero-order valence-corrected chi connectivity index (χ0v) is 8.25. The van der Waals surface area contributed by atoms with Crippen molar-refractivity contribution < 1.29 is 9.84 Å². The third-order valence-electron chi connectivity index (χ3n) is 3.34. The van der Waals surface area contributed by atoms with E-state index in [1.54, 1.807) is 0 Å². The molecule has 3 atom stereocenters. The molecule has 2 fully saturated rings. The molecule has 0 aromatic carbocycles. The quantitative estimate of drug-likeness (QED) is 0.659. The molecule has 3 unspecified atom stereocenters. The molecule has 13 heavy (non-hydrogen) atoms. The van der Waals surface area contributed by atoms with E-state index in [0.29, 0.717) is 12.0 Å². The highest BCUT2D eigenvalue weighted by atomic mass is 16.5. The number of aliphatic hydroxyl groups is 1. The van der Waals surface area contributed by atoms with E-state index in [9.17, 15) is 5.11 Å². The first kappa shape index (κ1) is 9.44. The molecule has 0 aliphatic carbocycles. The van der Waals surface area contributed by atoms with Gasteiger partial charge in [0.2, 0.25) is 0 Å². The number of ether oxygens (including phenoxy) is 1. The lowest BCUT2D eigenvalue weighted by atomic mass is 9.91. The highest BCUT2D eigenvalue weighted by Gasteiger charge is 2.39. The van der Waals surface area contributed by atoms with Gasteiger partial charge in [-0.15, -0.1) is 0 Å². The minimum Gasteiger partial charge on any atom is -0.394 e. The molecule has 2 heterocycles. The molecule has 76 valence electrons. The molecule has 0 aromatic rings. The Bertz CT molecular complexity index is 180. The summed E-state index contributed by atoms with van der Waals surface area (Å²) in [4.78, 5) is 0. The molecule has 0 radical (unpaired) electrons. The van der Waals surface area contributed by atoms with E-state index in [0.717, 1.165) is 19.6 Å². The van der Waals surface area contributed by atoms with Crippen LogP contribution in [0.2, 0.25) is 0 Å². The zero-order chi connectivity index (χ0) is 9.31. The van der Waals surface area contributed by atoms with Crippen molar-refractivity contribution in [3.63, 3.8) is 0 Å². The van der Waals surface area contributed by atoms with E-state index in [4.69, 9.17) is 4.74 Å². The number of aliphatic hydroxyl groups excluding tert-OH is 1. The number of rotatable bonds is 2. The van der Waals surface area contributed by atoms with Crippen molar-refractivity contribution in [1.29, 1.82) is 0 Å². The van der Waals surface area contributed by atoms with E-state index in [-0.39, 0.29) is 12.1 Å². The summed E-state index contributed by atoms with van der Waals surface area (Å²) in [5.74, 6) is 0.611. The summed E-state index contributed by atoms with van der Waals surface area (Å²) in [5, 5.41) is 12.6. The second-order valence-corrected chi connectivity index (χ2v) is 4.62. The molecule has 0 aromatic heterocycles. The van der Waals surface area contributed by atoms with Crippen LogP contribution in [-0.4, -0.2) is 36.5 Å². The first-order valence-corrected chi connectivity index (χ1v) is 5.21. The SMILES string of the molecule is CC1(CO)CC(C2CCCO2)CN1. The van der Waals surface area contributed by atoms with Crippen LogP contribution in [0.3, 0.4) is 0 Å². The maximum absolute atomic E-state index is 9.18. The van der Waals surface area contributed by atoms with Crippen LogP contribution in [0.5, 0.6) is 0 Å². The summed E-state index contributed by atoms with van der Waals surface area (Å²) in [6.45, 7) is 4.25. The average molecular weight is 185 g/mol. The molecule has 0 spiro atoms. The van der Waals surface area contributed by atoms with E-state index < -0.39 is 0 Å². The Labute approximate surface area is 79.5 Å². The van der Waals surface area contributed by atoms with Gasteiger partial charge in [-0.1, -0.05) is 0 Å². The van der Waals surface area contributed by atoms with Crippen molar-refractivity contribution in [3.05, 3.63) is 0 Å². The largest absolute Gasteiger partial charge is 0.394 e. The van der Waals surface area contributed by atoms with Gasteiger partial charge in [-0.2, -0.15) is 0 Å². The fourth-order valence-electron chi connectivity index (χ4n) is 2.46. The molecule has 2 aliphatic heterocycles. The highest BCUT2D eigenvalue weighted by molar-refractivity contribution is 4.95. The highest BCUT2D eigenvalue weighted by Crippen LogP contribution is 2.31. The van der Waals surface area contributed by atoms with Crippen LogP contribution in [0.15, 0.2) is 0 Å². The molecule has 2 aliphatic rings. The molecular formula is C10H19NO2. The first-order valence-electron chi connectivity index (χ1n) is 5.21. The Hall–Kier alpha value is -0.120. The van der Waals surface area contributed by atoms with Gasteiger partial charge < -0.3 is 15.2 Å². The molecule has 2 saturated heterocycles. The summed E-state index contributed by atoms with van der Waals surface area (Å²) >= 11 is 0. The van der Waals surface area contributed by atoms with Gasteiger partial charge in [0.25, 0.3) is 0 Å². The van der Waals surface area contributed by atoms with Crippen molar-refractivity contribution >= 4 is 0 Å². The van der Waals surface area contributed by atoms with Gasteiger partial charge in [0, 0.05) is 18.7 Å². The molecule has 0 amide bonds. The van der Waals surface area contributed by atoms with Crippen molar-refractivity contribution in [2.75, 3.05) is 19.8 Å². The molecule has 3 nitrogen and oxygen atoms in total. The van der Waals surface area contributed by atoms with Crippen LogP contribution < -0.4 is 5.32 Å². The summed E-state index contributed by atoms with van der Waals surface area (Å²) < 4.78 is 5.65. The maximum atomic E-state index is 9.18. The molecule has 0 bridgehead atoms. The van der Waals surface area contributed by atoms with Gasteiger partial charge in [0.15, 0.2) is 0 Å². The molecular weight excluding hydrogens is 166 g/mol. The van der Waals surface area contributed by atoms with Crippen LogP contribution >= 0.6 is 0 Å². The Balaban J connectivity index is 1.90. The van der Waals surface area contributed by atoms with Crippen molar-refractivity contribution in [2.24, 2.45) is 5.92 Å². The Morgan fingerprint density at radius 2 is 2.46 bits per heavy atom. The summed E-state index contributed by atoms with van der Waals surface area (Å²) in [6.07, 6.45) is 3.90. The van der Waals surface area contributed by atoms with Gasteiger partial charge in [-0.05, 0) is 32.1 Å². The van der Waals surface area contributed by atoms with Crippen molar-refractivity contribution in [3.8, 4) is 0 Å². The summed E-state index contributed by atoms with van der Waals surface area (Å²) in [6, 6.07) is 0. The lowest BCUT2D eigenvalue weighted by Gasteiger charge is -2.22. The van der Waals surface area contributed by atoms with Gasteiger partial charge >= 0.3 is 0 Å². The second-order valence-electron chi connectivity index (χ2n) is 4.62. The molecule has 2 rings (SSSR count). The van der Waals surface area contributed by atoms with Gasteiger partial charge in [0.05, 0.1) is 12.7 Å². The lowest BCUT2D eigenvalue weighted by molar-refractivity contribution is 0.0653. The van der Waals surface area contributed by atoms with E-state index in [2.05, 4.69) is 12.2 Å². The third kappa shape index (κ3) is 1.87. The summed E-state index contributed by atoms with van der Waals surface area (Å²) in [5.41, 5.74) is -0.0589. The van der Waals surface area contributed by atoms with Crippen LogP contribution in [0.25, 0.3) is 0 Å². The Morgan fingerprint density at radius 1 is 1.62 bits per heavy atom. The van der Waals surface area contributed by atoms with Crippen molar-refractivity contribution in [2.45, 2.75) is 37.8 Å². The van der Waals surface area contributed by atoms with Crippen molar-refractivity contribution in [1.82, 2.24) is 5.32 Å². The first-order chi connectivity index (χ1) is 6.23. The van der Waals surface area contributed by atoms with Crippen LogP contribution in [0.1, 0.15) is 26.2 Å². The monoisotopic (exact) mass is 185 g/mol. The molecule has 2 N–H and O–H groups in total. The van der Waals surface area contributed by atoms with Gasteiger partial charge in [-0.3, -0.25) is 0 Å². The number of hydrogen-bond donors (Lipinski definition) is 2. The van der Waals surface area contributed by atoms with Crippen LogP contribution in [0.4, 0.5) is 0 Å². The Kier molecular flexibility index (Phi) is 2.58. The van der Waals surface area contributed by atoms with E-state index in [1.807, 2.05) is 0 Å². The molecule has 0 saturated carbocycles. The standard InChI is InChI=1S/C10H19NO2/c1-10(7-12)5-8(6-11-10)9-3-2-4-13-9/h8-9,11-12H,2-7H2,1H3. The number of hydrogen-bond acceptors (Lipinski definition) is 3. The fraction of sp³-hybridized carbons (Fsp3) is 1.00. The smallest absolute Gasteiger partial charge is 0.0616 e. The van der Waals surface area contributed by atoms with E-state index in [1.165, 1.54) is 12.8 Å². The predicted molar refractivity (Wildman–Crippen MR) is 50.6 cm³/mol. The van der Waals surface area contributed by atoms with Gasteiger partial charge in [-0.25, -0.2) is 0 Å². The topological polar surface area (TPSA) is 41.5 Å². The zero-order valence-electron chi connectivity index (χ0n) is 8.25. The maximum Gasteiger partial charge on any atom is 0.0616 e. The lowest BCUT2D eigenvalue weighted by Crippen LogP contribution is -2.39. The minimum absolute atomic E-state index is 0.0589. The minimum atomic E-state index is -0.0589. The normalized spacial score (nSPS) is 45.7. The Morgan fingerprint density at radius 3 is 3.00 bits per heavy atom. The summed E-state index contributed by atoms with van der Waals surface area (Å²) in [7, 11) is 0. The van der Waals surface area contributed by atoms with Gasteiger partial charge in [0.1, 0.15) is 0 Å². The van der Waals surface area contributed by atoms with E-state index >= 15 is 0 Å². The fourth-order valence-corrected chi connectivity index (χ4v) is 2.46. The third-order valence-corrected chi connectivity index (χ3v) is 3.34.